The number of nitrogens with zero attached hydrogens (tertiary/aromatic N) is 1. The van der Waals surface area contributed by atoms with Gasteiger partial charge in [0.2, 0.25) is 0 Å². The van der Waals surface area contributed by atoms with Gasteiger partial charge in [-0.25, -0.2) is 0 Å². The number of carbonyl (C=O) groups excluding carboxylic acids is 1. The van der Waals surface area contributed by atoms with Crippen molar-refractivity contribution >= 4 is 17.4 Å². The molecule has 0 atom stereocenters. The van der Waals surface area contributed by atoms with E-state index in [1.807, 2.05) is 32.0 Å². The molecule has 20 heavy (non-hydrogen) atoms. The zero-order valence-electron chi connectivity index (χ0n) is 11.4. The quantitative estimate of drug-likeness (QED) is 0.785. The largest absolute Gasteiger partial charge is 0.293 e. The topological polar surface area (TPSA) is 40.9 Å². The van der Waals surface area contributed by atoms with Gasteiger partial charge in [0.1, 0.15) is 0 Å². The van der Waals surface area contributed by atoms with Gasteiger partial charge in [-0.1, -0.05) is 41.9 Å². The first kappa shape index (κ1) is 14.3. The second-order valence-electron chi connectivity index (χ2n) is 5.12. The number of carbonyl (C=O) groups is 1. The molecule has 2 aromatic rings. The Kier molecular flexibility index (Phi) is 3.92. The highest BCUT2D eigenvalue weighted by molar-refractivity contribution is 6.30. The molecule has 2 rings (SSSR count). The molecule has 0 amide bonds. The Balaban J connectivity index is 2.53. The molecule has 3 heteroatoms. The maximum absolute atomic E-state index is 12.7. The van der Waals surface area contributed by atoms with Gasteiger partial charge in [-0.05, 0) is 37.6 Å². The maximum Gasteiger partial charge on any atom is 0.172 e. The van der Waals surface area contributed by atoms with Crippen LogP contribution < -0.4 is 0 Å². The Bertz CT molecular complexity index is 684. The van der Waals surface area contributed by atoms with Crippen LogP contribution in [0.4, 0.5) is 0 Å². The van der Waals surface area contributed by atoms with E-state index in [0.29, 0.717) is 21.7 Å². The minimum Gasteiger partial charge on any atom is -0.293 e. The summed E-state index contributed by atoms with van der Waals surface area (Å²) in [5, 5.41) is 9.74. The fourth-order valence-electron chi connectivity index (χ4n) is 2.20. The molecule has 0 bridgehead atoms. The lowest BCUT2D eigenvalue weighted by Crippen LogP contribution is -2.30. The van der Waals surface area contributed by atoms with Crippen molar-refractivity contribution in [2.24, 2.45) is 0 Å². The van der Waals surface area contributed by atoms with Crippen LogP contribution in [0.1, 0.15) is 35.3 Å². The second-order valence-corrected chi connectivity index (χ2v) is 5.56. The van der Waals surface area contributed by atoms with E-state index in [9.17, 15) is 10.1 Å². The molecule has 2 aromatic carbocycles. The van der Waals surface area contributed by atoms with Crippen molar-refractivity contribution in [1.82, 2.24) is 0 Å². The van der Waals surface area contributed by atoms with Crippen LogP contribution in [0.2, 0.25) is 5.02 Å². The van der Waals surface area contributed by atoms with Crippen LogP contribution in [0.25, 0.3) is 0 Å². The highest BCUT2D eigenvalue weighted by atomic mass is 35.5. The minimum absolute atomic E-state index is 0.0307. The first-order valence-electron chi connectivity index (χ1n) is 6.27. The molecule has 0 radical (unpaired) electrons. The van der Waals surface area contributed by atoms with Crippen LogP contribution in [0.3, 0.4) is 0 Å². The molecule has 100 valence electrons. The van der Waals surface area contributed by atoms with Crippen molar-refractivity contribution in [2.75, 3.05) is 0 Å². The fraction of sp³-hybridized carbons (Fsp3) is 0.176. The first-order valence-corrected chi connectivity index (χ1v) is 6.64. The molecule has 0 heterocycles. The van der Waals surface area contributed by atoms with Crippen LogP contribution in [0.5, 0.6) is 0 Å². The summed E-state index contributed by atoms with van der Waals surface area (Å²) in [6, 6.07) is 16.2. The lowest BCUT2D eigenvalue weighted by atomic mass is 9.76. The molecule has 0 saturated heterocycles. The Hall–Kier alpha value is -2.11. The van der Waals surface area contributed by atoms with E-state index < -0.39 is 5.41 Å². The van der Waals surface area contributed by atoms with Crippen molar-refractivity contribution in [3.63, 3.8) is 0 Å². The molecule has 0 spiro atoms. The van der Waals surface area contributed by atoms with Crippen molar-refractivity contribution in [1.29, 1.82) is 5.26 Å². The van der Waals surface area contributed by atoms with Crippen LogP contribution in [-0.4, -0.2) is 5.78 Å². The zero-order valence-corrected chi connectivity index (χ0v) is 12.1. The van der Waals surface area contributed by atoms with Crippen LogP contribution >= 0.6 is 11.6 Å². The number of nitriles is 1. The third-order valence-corrected chi connectivity index (χ3v) is 3.61. The number of benzene rings is 2. The lowest BCUT2D eigenvalue weighted by molar-refractivity contribution is 0.0908. The predicted octanol–water partition coefficient (Wildman–Crippen LogP) is 4.37. The van der Waals surface area contributed by atoms with Gasteiger partial charge in [0.05, 0.1) is 17.0 Å². The first-order chi connectivity index (χ1) is 9.46. The highest BCUT2D eigenvalue weighted by Crippen LogP contribution is 2.32. The standard InChI is InChI=1S/C17H14ClNO/c1-17(2,16(20)12-6-4-3-5-7-12)15-10-14(18)9-8-13(15)11-19/h3-10H,1-2H3. The van der Waals surface area contributed by atoms with Gasteiger partial charge in [-0.15, -0.1) is 0 Å². The summed E-state index contributed by atoms with van der Waals surface area (Å²) in [5.41, 5.74) is 0.948. The monoisotopic (exact) mass is 283 g/mol. The predicted molar refractivity (Wildman–Crippen MR) is 80.0 cm³/mol. The van der Waals surface area contributed by atoms with Gasteiger partial charge in [0.25, 0.3) is 0 Å². The van der Waals surface area contributed by atoms with Crippen molar-refractivity contribution in [3.8, 4) is 6.07 Å². The number of rotatable bonds is 3. The summed E-state index contributed by atoms with van der Waals surface area (Å²) < 4.78 is 0. The summed E-state index contributed by atoms with van der Waals surface area (Å²) in [5.74, 6) is -0.0307. The Morgan fingerprint density at radius 2 is 1.80 bits per heavy atom. The van der Waals surface area contributed by atoms with E-state index in [1.165, 1.54) is 0 Å². The molecule has 0 aliphatic rings. The average molecular weight is 284 g/mol. The van der Waals surface area contributed by atoms with Crippen molar-refractivity contribution in [3.05, 3.63) is 70.2 Å². The van der Waals surface area contributed by atoms with Gasteiger partial charge in [0, 0.05) is 10.6 Å². The molecule has 0 N–H and O–H groups in total. The summed E-state index contributed by atoms with van der Waals surface area (Å²) in [6.45, 7) is 3.63. The summed E-state index contributed by atoms with van der Waals surface area (Å²) in [4.78, 5) is 12.7. The molecule has 0 aromatic heterocycles. The third-order valence-electron chi connectivity index (χ3n) is 3.38. The zero-order chi connectivity index (χ0) is 14.8. The molecular weight excluding hydrogens is 270 g/mol. The van der Waals surface area contributed by atoms with E-state index in [-0.39, 0.29) is 5.78 Å². The van der Waals surface area contributed by atoms with E-state index in [4.69, 9.17) is 11.6 Å². The molecule has 0 unspecified atom stereocenters. The van der Waals surface area contributed by atoms with Crippen LogP contribution in [-0.2, 0) is 5.41 Å². The lowest BCUT2D eigenvalue weighted by Gasteiger charge is -2.25. The van der Waals surface area contributed by atoms with E-state index in [1.54, 1.807) is 30.3 Å². The molecule has 0 fully saturated rings. The van der Waals surface area contributed by atoms with Crippen LogP contribution in [0.15, 0.2) is 48.5 Å². The van der Waals surface area contributed by atoms with Gasteiger partial charge < -0.3 is 0 Å². The normalized spacial score (nSPS) is 10.9. The maximum atomic E-state index is 12.7. The second kappa shape index (κ2) is 5.48. The number of halogens is 1. The Morgan fingerprint density at radius 3 is 2.40 bits per heavy atom. The number of hydrogen-bond donors (Lipinski definition) is 0. The Morgan fingerprint density at radius 1 is 1.15 bits per heavy atom. The Labute approximate surface area is 123 Å². The summed E-state index contributed by atoms with van der Waals surface area (Å²) in [7, 11) is 0. The summed E-state index contributed by atoms with van der Waals surface area (Å²) in [6.07, 6.45) is 0. The SMILES string of the molecule is CC(C)(C(=O)c1ccccc1)c1cc(Cl)ccc1C#N. The third kappa shape index (κ3) is 2.59. The number of hydrogen-bond acceptors (Lipinski definition) is 2. The number of ketones is 1. The smallest absolute Gasteiger partial charge is 0.172 e. The minimum atomic E-state index is -0.808. The molecule has 0 saturated carbocycles. The van der Waals surface area contributed by atoms with Gasteiger partial charge in [-0.3, -0.25) is 4.79 Å². The highest BCUT2D eigenvalue weighted by Gasteiger charge is 2.32. The summed E-state index contributed by atoms with van der Waals surface area (Å²) >= 11 is 6.01. The van der Waals surface area contributed by atoms with Crippen molar-refractivity contribution < 1.29 is 4.79 Å². The number of Topliss-reactive ketones (excluding diaryl/α,β-unsaturated/α-hetero) is 1. The molecule has 0 aliphatic carbocycles. The molecule has 2 nitrogen and oxygen atoms in total. The average Bonchev–Trinajstić information content (AvgIpc) is 2.47. The van der Waals surface area contributed by atoms with Crippen molar-refractivity contribution in [2.45, 2.75) is 19.3 Å². The van der Waals surface area contributed by atoms with E-state index in [2.05, 4.69) is 6.07 Å². The fourth-order valence-corrected chi connectivity index (χ4v) is 2.38. The van der Waals surface area contributed by atoms with Crippen LogP contribution in [0, 0.1) is 11.3 Å². The van der Waals surface area contributed by atoms with Gasteiger partial charge in [0.15, 0.2) is 5.78 Å². The van der Waals surface area contributed by atoms with Gasteiger partial charge in [-0.2, -0.15) is 5.26 Å². The van der Waals surface area contributed by atoms with E-state index in [0.717, 1.165) is 0 Å². The van der Waals surface area contributed by atoms with E-state index >= 15 is 0 Å². The molecule has 0 aliphatic heterocycles. The molecular formula is C17H14ClNO. The van der Waals surface area contributed by atoms with Gasteiger partial charge >= 0.3 is 0 Å².